The predicted molar refractivity (Wildman–Crippen MR) is 78.9 cm³/mol. The van der Waals surface area contributed by atoms with Gasteiger partial charge in [-0.1, -0.05) is 18.2 Å². The van der Waals surface area contributed by atoms with Crippen LogP contribution in [0.5, 0.6) is 5.75 Å². The molecule has 0 aliphatic rings. The molecule has 0 saturated carbocycles. The van der Waals surface area contributed by atoms with Gasteiger partial charge in [0.25, 0.3) is 5.91 Å². The molecule has 0 atom stereocenters. The van der Waals surface area contributed by atoms with E-state index in [1.54, 1.807) is 16.6 Å². The van der Waals surface area contributed by atoms with Crippen molar-refractivity contribution in [3.05, 3.63) is 66.2 Å². The summed E-state index contributed by atoms with van der Waals surface area (Å²) in [7, 11) is 0. The van der Waals surface area contributed by atoms with Crippen LogP contribution >= 0.6 is 0 Å². The van der Waals surface area contributed by atoms with Gasteiger partial charge in [-0.2, -0.15) is 5.10 Å². The first kappa shape index (κ1) is 14.1. The first-order valence-electron chi connectivity index (χ1n) is 6.80. The van der Waals surface area contributed by atoms with Crippen LogP contribution in [0.3, 0.4) is 0 Å². The van der Waals surface area contributed by atoms with Crippen LogP contribution in [-0.2, 0) is 11.3 Å². The summed E-state index contributed by atoms with van der Waals surface area (Å²) in [6.45, 7) is 0.0510. The molecule has 5 nitrogen and oxygen atoms in total. The number of ether oxygens (including phenoxy) is 1. The summed E-state index contributed by atoms with van der Waals surface area (Å²) in [5.74, 6) is -0.763. The molecule has 0 saturated heterocycles. The van der Waals surface area contributed by atoms with Crippen molar-refractivity contribution in [2.75, 3.05) is 6.61 Å². The van der Waals surface area contributed by atoms with E-state index in [2.05, 4.69) is 10.4 Å². The first-order chi connectivity index (χ1) is 10.7. The summed E-state index contributed by atoms with van der Waals surface area (Å²) < 4.78 is 20.2. The number of pyridine rings is 1. The number of hydrogen-bond acceptors (Lipinski definition) is 3. The number of nitrogens with zero attached hydrogens (tertiary/aromatic N) is 2. The van der Waals surface area contributed by atoms with Gasteiger partial charge in [0.15, 0.2) is 18.2 Å². The molecule has 0 aliphatic carbocycles. The summed E-state index contributed by atoms with van der Waals surface area (Å²) in [6.07, 6.45) is 1.84. The molecule has 6 heteroatoms. The average molecular weight is 299 g/mol. The standard InChI is InChI=1S/C16H14FN3O2/c17-14-6-1-2-7-15(14)22-11-16(21)18-10-12-9-13-5-3-4-8-20(13)19-12/h1-9H,10-11H2,(H,18,21). The summed E-state index contributed by atoms with van der Waals surface area (Å²) in [4.78, 5) is 11.7. The van der Waals surface area contributed by atoms with Crippen LogP contribution in [0.25, 0.3) is 5.52 Å². The number of benzene rings is 1. The molecule has 22 heavy (non-hydrogen) atoms. The molecule has 0 aliphatic heterocycles. The normalized spacial score (nSPS) is 10.6. The Morgan fingerprint density at radius 2 is 2.05 bits per heavy atom. The highest BCUT2D eigenvalue weighted by Crippen LogP contribution is 2.14. The lowest BCUT2D eigenvalue weighted by Gasteiger charge is -2.07. The summed E-state index contributed by atoms with van der Waals surface area (Å²) >= 11 is 0. The molecule has 0 bridgehead atoms. The second-order valence-corrected chi connectivity index (χ2v) is 4.70. The molecule has 1 N–H and O–H groups in total. The van der Waals surface area contributed by atoms with Gasteiger partial charge in [0.2, 0.25) is 0 Å². The third-order valence-corrected chi connectivity index (χ3v) is 3.08. The fraction of sp³-hybridized carbons (Fsp3) is 0.125. The Balaban J connectivity index is 1.53. The molecule has 3 rings (SSSR count). The molecular formula is C16H14FN3O2. The predicted octanol–water partition coefficient (Wildman–Crippen LogP) is 2.17. The van der Waals surface area contributed by atoms with Crippen molar-refractivity contribution in [2.24, 2.45) is 0 Å². The third-order valence-electron chi connectivity index (χ3n) is 3.08. The minimum absolute atomic E-state index is 0.0605. The van der Waals surface area contributed by atoms with Crippen LogP contribution < -0.4 is 10.1 Å². The first-order valence-corrected chi connectivity index (χ1v) is 6.80. The third kappa shape index (κ3) is 3.22. The van der Waals surface area contributed by atoms with Crippen molar-refractivity contribution in [1.82, 2.24) is 14.9 Å². The number of carbonyl (C=O) groups is 1. The molecule has 1 amide bonds. The van der Waals surface area contributed by atoms with E-state index in [9.17, 15) is 9.18 Å². The number of halogens is 1. The van der Waals surface area contributed by atoms with E-state index < -0.39 is 5.82 Å². The molecular weight excluding hydrogens is 285 g/mol. The number of hydrogen-bond donors (Lipinski definition) is 1. The maximum atomic E-state index is 13.3. The van der Waals surface area contributed by atoms with Crippen LogP contribution in [0.15, 0.2) is 54.7 Å². The van der Waals surface area contributed by atoms with Crippen LogP contribution in [0.4, 0.5) is 4.39 Å². The number of aromatic nitrogens is 2. The Morgan fingerprint density at radius 3 is 2.86 bits per heavy atom. The lowest BCUT2D eigenvalue weighted by Crippen LogP contribution is -2.28. The largest absolute Gasteiger partial charge is 0.481 e. The lowest BCUT2D eigenvalue weighted by molar-refractivity contribution is -0.123. The minimum atomic E-state index is -0.490. The number of amides is 1. The van der Waals surface area contributed by atoms with Gasteiger partial charge in [0, 0.05) is 6.20 Å². The fourth-order valence-corrected chi connectivity index (χ4v) is 2.02. The SMILES string of the molecule is O=C(COc1ccccc1F)NCc1cc2ccccn2n1. The number of rotatable bonds is 5. The molecule has 2 aromatic heterocycles. The number of para-hydroxylation sites is 1. The van der Waals surface area contributed by atoms with E-state index in [1.807, 2.05) is 30.5 Å². The minimum Gasteiger partial charge on any atom is -0.481 e. The molecule has 3 aromatic rings. The zero-order chi connectivity index (χ0) is 15.4. The van der Waals surface area contributed by atoms with Crippen LogP contribution in [-0.4, -0.2) is 22.1 Å². The van der Waals surface area contributed by atoms with Gasteiger partial charge in [0.1, 0.15) is 0 Å². The second-order valence-electron chi connectivity index (χ2n) is 4.70. The van der Waals surface area contributed by atoms with E-state index in [0.717, 1.165) is 11.2 Å². The van der Waals surface area contributed by atoms with Gasteiger partial charge >= 0.3 is 0 Å². The maximum absolute atomic E-state index is 13.3. The van der Waals surface area contributed by atoms with Crippen LogP contribution in [0, 0.1) is 5.82 Å². The highest BCUT2D eigenvalue weighted by atomic mass is 19.1. The molecule has 0 fully saturated rings. The highest BCUT2D eigenvalue weighted by Gasteiger charge is 2.07. The highest BCUT2D eigenvalue weighted by molar-refractivity contribution is 5.77. The van der Waals surface area contributed by atoms with E-state index in [-0.39, 0.29) is 18.3 Å². The quantitative estimate of drug-likeness (QED) is 0.785. The maximum Gasteiger partial charge on any atom is 0.258 e. The Hall–Kier alpha value is -2.89. The Morgan fingerprint density at radius 1 is 1.23 bits per heavy atom. The van der Waals surface area contributed by atoms with Crippen molar-refractivity contribution < 1.29 is 13.9 Å². The van der Waals surface area contributed by atoms with Crippen molar-refractivity contribution in [2.45, 2.75) is 6.54 Å². The van der Waals surface area contributed by atoms with Gasteiger partial charge in [-0.3, -0.25) is 4.79 Å². The van der Waals surface area contributed by atoms with Crippen molar-refractivity contribution in [3.63, 3.8) is 0 Å². The van der Waals surface area contributed by atoms with E-state index in [4.69, 9.17) is 4.74 Å². The lowest BCUT2D eigenvalue weighted by atomic mass is 10.3. The molecule has 1 aromatic carbocycles. The molecule has 2 heterocycles. The molecule has 112 valence electrons. The van der Waals surface area contributed by atoms with Gasteiger partial charge in [-0.25, -0.2) is 8.91 Å². The Labute approximate surface area is 126 Å². The van der Waals surface area contributed by atoms with E-state index in [1.165, 1.54) is 12.1 Å². The Kier molecular flexibility index (Phi) is 4.00. The summed E-state index contributed by atoms with van der Waals surface area (Å²) in [5.41, 5.74) is 1.69. The van der Waals surface area contributed by atoms with Crippen molar-refractivity contribution in [1.29, 1.82) is 0 Å². The molecule has 0 spiro atoms. The average Bonchev–Trinajstić information content (AvgIpc) is 2.95. The molecule has 0 unspecified atom stereocenters. The van der Waals surface area contributed by atoms with E-state index >= 15 is 0 Å². The zero-order valence-electron chi connectivity index (χ0n) is 11.7. The molecule has 0 radical (unpaired) electrons. The van der Waals surface area contributed by atoms with Gasteiger partial charge in [-0.15, -0.1) is 0 Å². The fourth-order valence-electron chi connectivity index (χ4n) is 2.02. The zero-order valence-corrected chi connectivity index (χ0v) is 11.7. The van der Waals surface area contributed by atoms with E-state index in [0.29, 0.717) is 6.54 Å². The topological polar surface area (TPSA) is 55.6 Å². The summed E-state index contributed by atoms with van der Waals surface area (Å²) in [6, 6.07) is 13.6. The number of fused-ring (bicyclic) bond motifs is 1. The Bertz CT molecular complexity index is 768. The second kappa shape index (κ2) is 6.26. The van der Waals surface area contributed by atoms with Gasteiger partial charge in [0.05, 0.1) is 17.8 Å². The number of carbonyl (C=O) groups excluding carboxylic acids is 1. The summed E-state index contributed by atoms with van der Waals surface area (Å²) in [5, 5.41) is 7.01. The van der Waals surface area contributed by atoms with Crippen LogP contribution in [0.1, 0.15) is 5.69 Å². The van der Waals surface area contributed by atoms with Crippen LogP contribution in [0.2, 0.25) is 0 Å². The monoisotopic (exact) mass is 299 g/mol. The van der Waals surface area contributed by atoms with Crippen molar-refractivity contribution in [3.8, 4) is 5.75 Å². The number of nitrogens with one attached hydrogen (secondary N) is 1. The van der Waals surface area contributed by atoms with Gasteiger partial charge in [-0.05, 0) is 30.3 Å². The van der Waals surface area contributed by atoms with Gasteiger partial charge < -0.3 is 10.1 Å². The van der Waals surface area contributed by atoms with Crippen molar-refractivity contribution >= 4 is 11.4 Å². The smallest absolute Gasteiger partial charge is 0.258 e.